The molecule has 1 aromatic heterocycles. The number of alkyl halides is 3. The molecule has 18 heavy (non-hydrogen) atoms. The first-order valence-corrected chi connectivity index (χ1v) is 5.98. The fourth-order valence-electron chi connectivity index (χ4n) is 1.43. The molecule has 0 radical (unpaired) electrons. The molecule has 0 atom stereocenters. The van der Waals surface area contributed by atoms with Gasteiger partial charge in [-0.15, -0.1) is 11.3 Å². The monoisotopic (exact) mass is 275 g/mol. The molecule has 0 saturated heterocycles. The smallest absolute Gasteiger partial charge is 0.378 e. The quantitative estimate of drug-likeness (QED) is 0.812. The number of hydrogen-bond donors (Lipinski definition) is 1. The zero-order chi connectivity index (χ0) is 13.2. The van der Waals surface area contributed by atoms with Crippen LogP contribution in [0.1, 0.15) is 10.4 Å². The lowest BCUT2D eigenvalue weighted by Gasteiger charge is -2.11. The summed E-state index contributed by atoms with van der Waals surface area (Å²) in [5, 5.41) is 4.51. The van der Waals surface area contributed by atoms with Gasteiger partial charge in [-0.3, -0.25) is 0 Å². The van der Waals surface area contributed by atoms with Crippen LogP contribution in [-0.4, -0.2) is 0 Å². The average molecular weight is 275 g/mol. The van der Waals surface area contributed by atoms with Gasteiger partial charge in [-0.1, -0.05) is 6.07 Å². The molecule has 0 amide bonds. The second-order valence-corrected chi connectivity index (χ2v) is 4.66. The molecule has 6 heteroatoms. The summed E-state index contributed by atoms with van der Waals surface area (Å²) in [6.45, 7) is 0.301. The minimum absolute atomic E-state index is 0.141. The van der Waals surface area contributed by atoms with Gasteiger partial charge in [-0.05, 0) is 29.6 Å². The molecule has 2 aromatic rings. The molecule has 0 fully saturated rings. The van der Waals surface area contributed by atoms with E-state index in [0.717, 1.165) is 23.1 Å². The lowest BCUT2D eigenvalue weighted by atomic mass is 10.2. The van der Waals surface area contributed by atoms with Gasteiger partial charge in [0.2, 0.25) is 0 Å². The molecule has 0 unspecified atom stereocenters. The molecule has 1 nitrogen and oxygen atoms in total. The summed E-state index contributed by atoms with van der Waals surface area (Å²) >= 11 is 1.45. The highest BCUT2D eigenvalue weighted by Crippen LogP contribution is 2.32. The van der Waals surface area contributed by atoms with Crippen molar-refractivity contribution in [1.82, 2.24) is 0 Å². The molecular weight excluding hydrogens is 266 g/mol. The van der Waals surface area contributed by atoms with E-state index in [1.54, 1.807) is 0 Å². The molecule has 0 aliphatic rings. The largest absolute Gasteiger partial charge is 0.416 e. The van der Waals surface area contributed by atoms with Crippen molar-refractivity contribution in [3.8, 4) is 0 Å². The van der Waals surface area contributed by atoms with Crippen LogP contribution in [0.3, 0.4) is 0 Å². The first-order chi connectivity index (χ1) is 8.47. The molecule has 1 aromatic carbocycles. The van der Waals surface area contributed by atoms with Gasteiger partial charge < -0.3 is 5.32 Å². The lowest BCUT2D eigenvalue weighted by Crippen LogP contribution is -2.07. The van der Waals surface area contributed by atoms with Crippen molar-refractivity contribution in [2.24, 2.45) is 0 Å². The van der Waals surface area contributed by atoms with E-state index in [4.69, 9.17) is 0 Å². The molecule has 0 aliphatic heterocycles. The van der Waals surface area contributed by atoms with E-state index >= 15 is 0 Å². The third kappa shape index (κ3) is 3.01. The first kappa shape index (κ1) is 12.9. The van der Waals surface area contributed by atoms with Gasteiger partial charge in [0.05, 0.1) is 11.3 Å². The zero-order valence-electron chi connectivity index (χ0n) is 9.09. The Kier molecular flexibility index (Phi) is 3.56. The van der Waals surface area contributed by atoms with E-state index in [1.165, 1.54) is 11.3 Å². The lowest BCUT2D eigenvalue weighted by molar-refractivity contribution is -0.137. The van der Waals surface area contributed by atoms with Crippen LogP contribution in [0.25, 0.3) is 0 Å². The second-order valence-electron chi connectivity index (χ2n) is 3.63. The van der Waals surface area contributed by atoms with Crippen molar-refractivity contribution < 1.29 is 17.6 Å². The SMILES string of the molecule is Fc1ccc(C(F)(F)F)cc1NCc1cccs1. The fraction of sp³-hybridized carbons (Fsp3) is 0.167. The minimum atomic E-state index is -4.47. The Bertz CT molecular complexity index is 519. The molecule has 96 valence electrons. The average Bonchev–Trinajstić information content (AvgIpc) is 2.79. The summed E-state index contributed by atoms with van der Waals surface area (Å²) in [4.78, 5) is 0.923. The van der Waals surface area contributed by atoms with Gasteiger partial charge >= 0.3 is 6.18 Å². The van der Waals surface area contributed by atoms with Crippen LogP contribution in [0.15, 0.2) is 35.7 Å². The van der Waals surface area contributed by atoms with Crippen molar-refractivity contribution in [2.75, 3.05) is 5.32 Å². The van der Waals surface area contributed by atoms with Gasteiger partial charge in [0.25, 0.3) is 0 Å². The van der Waals surface area contributed by atoms with Gasteiger partial charge in [0.1, 0.15) is 5.82 Å². The summed E-state index contributed by atoms with van der Waals surface area (Å²) in [5.41, 5.74) is -1.00. The number of benzene rings is 1. The Morgan fingerprint density at radius 1 is 1.17 bits per heavy atom. The van der Waals surface area contributed by atoms with Gasteiger partial charge in [-0.25, -0.2) is 4.39 Å². The van der Waals surface area contributed by atoms with Gasteiger partial charge in [0, 0.05) is 11.4 Å². The van der Waals surface area contributed by atoms with Crippen LogP contribution in [0.5, 0.6) is 0 Å². The van der Waals surface area contributed by atoms with Crippen LogP contribution < -0.4 is 5.32 Å². The number of rotatable bonds is 3. The molecule has 0 bridgehead atoms. The maximum absolute atomic E-state index is 13.4. The summed E-state index contributed by atoms with van der Waals surface area (Å²) in [6, 6.07) is 5.97. The van der Waals surface area contributed by atoms with Crippen molar-refractivity contribution in [3.05, 3.63) is 52.0 Å². The number of anilines is 1. The number of nitrogens with one attached hydrogen (secondary N) is 1. The Hall–Kier alpha value is -1.56. The molecule has 1 N–H and O–H groups in total. The minimum Gasteiger partial charge on any atom is -0.378 e. The first-order valence-electron chi connectivity index (χ1n) is 5.10. The van der Waals surface area contributed by atoms with Crippen molar-refractivity contribution in [1.29, 1.82) is 0 Å². The van der Waals surface area contributed by atoms with Crippen molar-refractivity contribution in [3.63, 3.8) is 0 Å². The fourth-order valence-corrected chi connectivity index (χ4v) is 2.08. The Labute approximate surface area is 105 Å². The van der Waals surface area contributed by atoms with Gasteiger partial charge in [-0.2, -0.15) is 13.2 Å². The van der Waals surface area contributed by atoms with E-state index in [2.05, 4.69) is 5.32 Å². The van der Waals surface area contributed by atoms with Crippen molar-refractivity contribution >= 4 is 17.0 Å². The third-order valence-corrected chi connectivity index (χ3v) is 3.20. The van der Waals surface area contributed by atoms with Crippen LogP contribution in [0, 0.1) is 5.82 Å². The second kappa shape index (κ2) is 4.97. The normalized spacial score (nSPS) is 11.6. The summed E-state index contributed by atoms with van der Waals surface area (Å²) in [7, 11) is 0. The van der Waals surface area contributed by atoms with E-state index in [-0.39, 0.29) is 5.69 Å². The Morgan fingerprint density at radius 2 is 1.94 bits per heavy atom. The molecule has 2 rings (SSSR count). The topological polar surface area (TPSA) is 12.0 Å². The molecule has 0 spiro atoms. The van der Waals surface area contributed by atoms with Crippen LogP contribution in [0.2, 0.25) is 0 Å². The highest BCUT2D eigenvalue weighted by atomic mass is 32.1. The van der Waals surface area contributed by atoms with Crippen molar-refractivity contribution in [2.45, 2.75) is 12.7 Å². The predicted octanol–water partition coefficient (Wildman–Crippen LogP) is 4.52. The number of hydrogen-bond acceptors (Lipinski definition) is 2. The zero-order valence-corrected chi connectivity index (χ0v) is 9.91. The van der Waals surface area contributed by atoms with E-state index < -0.39 is 17.6 Å². The van der Waals surface area contributed by atoms with E-state index in [1.807, 2.05) is 17.5 Å². The Balaban J connectivity index is 2.16. The predicted molar refractivity (Wildman–Crippen MR) is 63.0 cm³/mol. The van der Waals surface area contributed by atoms with E-state index in [9.17, 15) is 17.6 Å². The van der Waals surface area contributed by atoms with Crippen LogP contribution >= 0.6 is 11.3 Å². The number of halogens is 4. The van der Waals surface area contributed by atoms with Crippen LogP contribution in [-0.2, 0) is 12.7 Å². The van der Waals surface area contributed by atoms with E-state index in [0.29, 0.717) is 6.54 Å². The third-order valence-electron chi connectivity index (χ3n) is 2.33. The van der Waals surface area contributed by atoms with Crippen LogP contribution in [0.4, 0.5) is 23.2 Å². The summed E-state index contributed by atoms with van der Waals surface area (Å²) < 4.78 is 50.8. The maximum atomic E-state index is 13.4. The van der Waals surface area contributed by atoms with Gasteiger partial charge in [0.15, 0.2) is 0 Å². The maximum Gasteiger partial charge on any atom is 0.416 e. The number of thiophene rings is 1. The molecular formula is C12H9F4NS. The summed E-state index contributed by atoms with van der Waals surface area (Å²) in [5.74, 6) is -0.695. The molecule has 0 aliphatic carbocycles. The standard InChI is InChI=1S/C12H9F4NS/c13-10-4-3-8(12(14,15)16)6-11(10)17-7-9-2-1-5-18-9/h1-6,17H,7H2. The Morgan fingerprint density at radius 3 is 2.56 bits per heavy atom. The summed E-state index contributed by atoms with van der Waals surface area (Å²) in [6.07, 6.45) is -4.47. The highest BCUT2D eigenvalue weighted by molar-refractivity contribution is 7.09. The molecule has 1 heterocycles. The molecule has 0 saturated carbocycles. The highest BCUT2D eigenvalue weighted by Gasteiger charge is 2.31.